The van der Waals surface area contributed by atoms with E-state index in [1.807, 2.05) is 12.4 Å². The van der Waals surface area contributed by atoms with Crippen LogP contribution in [0, 0.1) is 0 Å². The smallest absolute Gasteiger partial charge is 0.109 e. The zero-order valence-corrected chi connectivity index (χ0v) is 10.3. The quantitative estimate of drug-likeness (QED) is 0.812. The minimum Gasteiger partial charge on any atom is -0.338 e. The van der Waals surface area contributed by atoms with E-state index < -0.39 is 0 Å². The zero-order valence-electron chi connectivity index (χ0n) is 10.3. The highest BCUT2D eigenvalue weighted by atomic mass is 15.1. The molecule has 1 N–H and O–H groups in total. The van der Waals surface area contributed by atoms with Gasteiger partial charge in [-0.1, -0.05) is 0 Å². The first-order valence-electron chi connectivity index (χ1n) is 6.14. The molecule has 1 fully saturated rings. The maximum atomic E-state index is 4.33. The van der Waals surface area contributed by atoms with Crippen LogP contribution in [-0.2, 0) is 13.5 Å². The predicted molar refractivity (Wildman–Crippen MR) is 65.4 cm³/mol. The summed E-state index contributed by atoms with van der Waals surface area (Å²) in [6, 6.07) is 0.705. The summed E-state index contributed by atoms with van der Waals surface area (Å²) in [6.45, 7) is 3.49. The molecule has 1 aliphatic rings. The predicted octanol–water partition coefficient (Wildman–Crippen LogP) is 0.646. The van der Waals surface area contributed by atoms with Crippen LogP contribution in [0.1, 0.15) is 18.7 Å². The van der Waals surface area contributed by atoms with Crippen molar-refractivity contribution in [1.29, 1.82) is 0 Å². The van der Waals surface area contributed by atoms with Crippen LogP contribution < -0.4 is 5.32 Å². The van der Waals surface area contributed by atoms with Crippen molar-refractivity contribution in [3.8, 4) is 0 Å². The number of nitrogens with one attached hydrogen (secondary N) is 1. The third-order valence-electron chi connectivity index (χ3n) is 3.42. The standard InChI is InChI=1S/C12H22N4/c1-15-8-4-11(5-9-15)13-6-3-12-14-7-10-16(12)2/h7,10-11,13H,3-6,8-9H2,1-2H3. The van der Waals surface area contributed by atoms with Gasteiger partial charge in [0.15, 0.2) is 0 Å². The summed E-state index contributed by atoms with van der Waals surface area (Å²) in [6.07, 6.45) is 7.44. The molecule has 1 saturated heterocycles. The summed E-state index contributed by atoms with van der Waals surface area (Å²) in [4.78, 5) is 6.72. The number of aromatic nitrogens is 2. The first kappa shape index (κ1) is 11.6. The maximum Gasteiger partial charge on any atom is 0.109 e. The molecule has 1 aliphatic heterocycles. The number of rotatable bonds is 4. The highest BCUT2D eigenvalue weighted by molar-refractivity contribution is 4.92. The van der Waals surface area contributed by atoms with Gasteiger partial charge in [0.25, 0.3) is 0 Å². The van der Waals surface area contributed by atoms with E-state index in [1.165, 1.54) is 31.8 Å². The summed E-state index contributed by atoms with van der Waals surface area (Å²) in [5, 5.41) is 3.63. The van der Waals surface area contributed by atoms with Crippen molar-refractivity contribution in [2.24, 2.45) is 7.05 Å². The number of likely N-dealkylation sites (tertiary alicyclic amines) is 1. The molecule has 0 bridgehead atoms. The molecule has 16 heavy (non-hydrogen) atoms. The number of imidazole rings is 1. The van der Waals surface area contributed by atoms with Gasteiger partial charge in [-0.05, 0) is 33.0 Å². The van der Waals surface area contributed by atoms with E-state index in [1.54, 1.807) is 0 Å². The molecule has 2 rings (SSSR count). The molecule has 0 radical (unpaired) electrons. The molecule has 1 aromatic heterocycles. The number of hydrogen-bond donors (Lipinski definition) is 1. The SMILES string of the molecule is CN1CCC(NCCc2nccn2C)CC1. The van der Waals surface area contributed by atoms with Gasteiger partial charge in [-0.15, -0.1) is 0 Å². The fourth-order valence-electron chi connectivity index (χ4n) is 2.24. The van der Waals surface area contributed by atoms with Crippen molar-refractivity contribution < 1.29 is 0 Å². The molecule has 4 nitrogen and oxygen atoms in total. The van der Waals surface area contributed by atoms with E-state index in [0.717, 1.165) is 13.0 Å². The lowest BCUT2D eigenvalue weighted by Gasteiger charge is -2.29. The first-order chi connectivity index (χ1) is 7.75. The van der Waals surface area contributed by atoms with Gasteiger partial charge < -0.3 is 14.8 Å². The Morgan fingerprint density at radius 2 is 2.12 bits per heavy atom. The Labute approximate surface area is 97.7 Å². The van der Waals surface area contributed by atoms with Crippen molar-refractivity contribution in [1.82, 2.24) is 19.8 Å². The van der Waals surface area contributed by atoms with Crippen molar-refractivity contribution in [2.75, 3.05) is 26.7 Å². The van der Waals surface area contributed by atoms with Crippen LogP contribution >= 0.6 is 0 Å². The second-order valence-electron chi connectivity index (χ2n) is 4.74. The first-order valence-corrected chi connectivity index (χ1v) is 6.14. The van der Waals surface area contributed by atoms with Crippen LogP contribution in [0.5, 0.6) is 0 Å². The Kier molecular flexibility index (Phi) is 3.96. The minimum atomic E-state index is 0.705. The summed E-state index contributed by atoms with van der Waals surface area (Å²) in [5.41, 5.74) is 0. The highest BCUT2D eigenvalue weighted by Gasteiger charge is 2.15. The van der Waals surface area contributed by atoms with E-state index in [9.17, 15) is 0 Å². The molecule has 0 spiro atoms. The molecular weight excluding hydrogens is 200 g/mol. The number of piperidine rings is 1. The van der Waals surface area contributed by atoms with Crippen molar-refractivity contribution in [3.05, 3.63) is 18.2 Å². The highest BCUT2D eigenvalue weighted by Crippen LogP contribution is 2.07. The van der Waals surface area contributed by atoms with Gasteiger partial charge in [-0.3, -0.25) is 0 Å². The monoisotopic (exact) mass is 222 g/mol. The number of aryl methyl sites for hydroxylation is 1. The summed E-state index contributed by atoms with van der Waals surface area (Å²) in [7, 11) is 4.25. The van der Waals surface area contributed by atoms with E-state index in [-0.39, 0.29) is 0 Å². The lowest BCUT2D eigenvalue weighted by molar-refractivity contribution is 0.235. The van der Waals surface area contributed by atoms with Crippen LogP contribution in [0.4, 0.5) is 0 Å². The second-order valence-corrected chi connectivity index (χ2v) is 4.74. The lowest BCUT2D eigenvalue weighted by atomic mass is 10.1. The number of nitrogens with zero attached hydrogens (tertiary/aromatic N) is 3. The number of hydrogen-bond acceptors (Lipinski definition) is 3. The zero-order chi connectivity index (χ0) is 11.4. The van der Waals surface area contributed by atoms with Crippen molar-refractivity contribution >= 4 is 0 Å². The second kappa shape index (κ2) is 5.46. The Balaban J connectivity index is 1.67. The molecular formula is C12H22N4. The van der Waals surface area contributed by atoms with Gasteiger partial charge in [-0.25, -0.2) is 4.98 Å². The molecule has 0 unspecified atom stereocenters. The molecule has 2 heterocycles. The van der Waals surface area contributed by atoms with E-state index in [2.05, 4.69) is 33.9 Å². The van der Waals surface area contributed by atoms with Gasteiger partial charge in [0, 0.05) is 38.4 Å². The average molecular weight is 222 g/mol. The molecule has 0 saturated carbocycles. The van der Waals surface area contributed by atoms with Gasteiger partial charge >= 0.3 is 0 Å². The van der Waals surface area contributed by atoms with Gasteiger partial charge in [0.1, 0.15) is 5.82 Å². The normalized spacial score (nSPS) is 19.1. The molecule has 0 aromatic carbocycles. The molecule has 4 heteroatoms. The molecule has 0 aliphatic carbocycles. The third kappa shape index (κ3) is 3.06. The van der Waals surface area contributed by atoms with Crippen molar-refractivity contribution in [3.63, 3.8) is 0 Å². The summed E-state index contributed by atoms with van der Waals surface area (Å²) in [5.74, 6) is 1.17. The van der Waals surface area contributed by atoms with E-state index >= 15 is 0 Å². The van der Waals surface area contributed by atoms with Crippen LogP contribution in [0.2, 0.25) is 0 Å². The lowest BCUT2D eigenvalue weighted by Crippen LogP contribution is -2.41. The molecule has 90 valence electrons. The van der Waals surface area contributed by atoms with Crippen LogP contribution in [0.15, 0.2) is 12.4 Å². The van der Waals surface area contributed by atoms with E-state index in [0.29, 0.717) is 6.04 Å². The molecule has 1 aromatic rings. The van der Waals surface area contributed by atoms with Gasteiger partial charge in [0.2, 0.25) is 0 Å². The minimum absolute atomic E-state index is 0.705. The van der Waals surface area contributed by atoms with Crippen LogP contribution in [0.25, 0.3) is 0 Å². The Morgan fingerprint density at radius 1 is 1.38 bits per heavy atom. The fraction of sp³-hybridized carbons (Fsp3) is 0.750. The van der Waals surface area contributed by atoms with Crippen LogP contribution in [0.3, 0.4) is 0 Å². The van der Waals surface area contributed by atoms with E-state index in [4.69, 9.17) is 0 Å². The maximum absolute atomic E-state index is 4.33. The summed E-state index contributed by atoms with van der Waals surface area (Å²) >= 11 is 0. The summed E-state index contributed by atoms with van der Waals surface area (Å²) < 4.78 is 2.09. The van der Waals surface area contributed by atoms with Gasteiger partial charge in [-0.2, -0.15) is 0 Å². The molecule has 0 atom stereocenters. The average Bonchev–Trinajstić information content (AvgIpc) is 2.68. The van der Waals surface area contributed by atoms with Gasteiger partial charge in [0.05, 0.1) is 0 Å². The fourth-order valence-corrected chi connectivity index (χ4v) is 2.24. The third-order valence-corrected chi connectivity index (χ3v) is 3.42. The topological polar surface area (TPSA) is 33.1 Å². The van der Waals surface area contributed by atoms with Crippen LogP contribution in [-0.4, -0.2) is 47.2 Å². The Bertz CT molecular complexity index is 313. The van der Waals surface area contributed by atoms with Crippen molar-refractivity contribution in [2.45, 2.75) is 25.3 Å². The largest absolute Gasteiger partial charge is 0.338 e. The Hall–Kier alpha value is -0.870. The molecule has 0 amide bonds. The Morgan fingerprint density at radius 3 is 2.75 bits per heavy atom.